The van der Waals surface area contributed by atoms with Crippen LogP contribution in [0.1, 0.15) is 25.0 Å². The number of pyridine rings is 1. The summed E-state index contributed by atoms with van der Waals surface area (Å²) in [5, 5.41) is 17.4. The maximum absolute atomic E-state index is 4.62. The molecular weight excluding hydrogens is 390 g/mol. The van der Waals surface area contributed by atoms with Crippen LogP contribution in [0.4, 0.5) is 16.6 Å². The Morgan fingerprint density at radius 3 is 2.37 bits per heavy atom. The lowest BCUT2D eigenvalue weighted by molar-refractivity contribution is 0.686. The summed E-state index contributed by atoms with van der Waals surface area (Å²) in [5.74, 6) is 1.44. The zero-order valence-corrected chi connectivity index (χ0v) is 18.0. The number of hydrogen-bond donors (Lipinski definition) is 2. The molecule has 5 nitrogen and oxygen atoms in total. The highest BCUT2D eigenvalue weighted by atomic mass is 32.1. The maximum Gasteiger partial charge on any atom is 0.210 e. The van der Waals surface area contributed by atoms with Gasteiger partial charge in [0.25, 0.3) is 0 Å². The Labute approximate surface area is 181 Å². The maximum atomic E-state index is 4.62. The van der Waals surface area contributed by atoms with Gasteiger partial charge in [-0.1, -0.05) is 85.8 Å². The van der Waals surface area contributed by atoms with E-state index in [2.05, 4.69) is 63.9 Å². The summed E-state index contributed by atoms with van der Waals surface area (Å²) in [6, 6.07) is 22.6. The van der Waals surface area contributed by atoms with Gasteiger partial charge in [-0.05, 0) is 17.5 Å². The fraction of sp³-hybridized carbons (Fsp3) is 0.208. The van der Waals surface area contributed by atoms with Crippen molar-refractivity contribution in [2.24, 2.45) is 5.92 Å². The van der Waals surface area contributed by atoms with Gasteiger partial charge in [-0.3, -0.25) is 0 Å². The number of aromatic nitrogens is 3. The fourth-order valence-electron chi connectivity index (χ4n) is 3.13. The second kappa shape index (κ2) is 9.50. The Hall–Kier alpha value is -3.25. The molecule has 0 amide bonds. The molecule has 0 saturated heterocycles. The summed E-state index contributed by atoms with van der Waals surface area (Å²) in [6.07, 6.45) is 2.61. The Morgan fingerprint density at radius 1 is 0.900 bits per heavy atom. The first kappa shape index (κ1) is 20.0. The Kier molecular flexibility index (Phi) is 6.35. The minimum absolute atomic E-state index is 0.532. The largest absolute Gasteiger partial charge is 0.370 e. The molecule has 30 heavy (non-hydrogen) atoms. The number of anilines is 3. The summed E-state index contributed by atoms with van der Waals surface area (Å²) in [6.45, 7) is 5.26. The number of hydrogen-bond acceptors (Lipinski definition) is 6. The monoisotopic (exact) mass is 415 g/mol. The second-order valence-electron chi connectivity index (χ2n) is 7.53. The number of nitrogens with one attached hydrogen (secondary N) is 2. The van der Waals surface area contributed by atoms with Crippen molar-refractivity contribution >= 4 is 28.0 Å². The van der Waals surface area contributed by atoms with Gasteiger partial charge in [0, 0.05) is 36.0 Å². The van der Waals surface area contributed by atoms with Crippen LogP contribution in [0.2, 0.25) is 0 Å². The van der Waals surface area contributed by atoms with Crippen LogP contribution in [0.15, 0.2) is 72.9 Å². The SMILES string of the molecule is CC(C)CNc1nccc(Nc2nnc(-c3ccccc3)s2)c1Cc1ccccc1. The molecular formula is C24H25N5S. The lowest BCUT2D eigenvalue weighted by Gasteiger charge is -2.16. The van der Waals surface area contributed by atoms with Gasteiger partial charge in [0.1, 0.15) is 10.8 Å². The molecule has 2 N–H and O–H groups in total. The molecule has 6 heteroatoms. The van der Waals surface area contributed by atoms with Crippen molar-refractivity contribution in [1.29, 1.82) is 0 Å². The first-order chi connectivity index (χ1) is 14.7. The zero-order chi connectivity index (χ0) is 20.8. The zero-order valence-electron chi connectivity index (χ0n) is 17.2. The number of nitrogens with zero attached hydrogens (tertiary/aromatic N) is 3. The van der Waals surface area contributed by atoms with Gasteiger partial charge in [0.15, 0.2) is 0 Å². The molecule has 0 fully saturated rings. The van der Waals surface area contributed by atoms with Gasteiger partial charge < -0.3 is 10.6 Å². The third kappa shape index (κ3) is 5.02. The highest BCUT2D eigenvalue weighted by Crippen LogP contribution is 2.32. The lowest BCUT2D eigenvalue weighted by atomic mass is 10.0. The van der Waals surface area contributed by atoms with E-state index in [-0.39, 0.29) is 0 Å². The van der Waals surface area contributed by atoms with E-state index in [1.165, 1.54) is 5.56 Å². The van der Waals surface area contributed by atoms with Gasteiger partial charge in [-0.25, -0.2) is 4.98 Å². The number of benzene rings is 2. The van der Waals surface area contributed by atoms with Gasteiger partial charge >= 0.3 is 0 Å². The molecule has 2 heterocycles. The normalized spacial score (nSPS) is 10.9. The van der Waals surface area contributed by atoms with Crippen molar-refractivity contribution < 1.29 is 0 Å². The van der Waals surface area contributed by atoms with Crippen LogP contribution >= 0.6 is 11.3 Å². The number of rotatable bonds is 8. The molecule has 0 bridgehead atoms. The van der Waals surface area contributed by atoms with E-state index in [4.69, 9.17) is 0 Å². The molecule has 0 aliphatic carbocycles. The average Bonchev–Trinajstić information content (AvgIpc) is 3.24. The second-order valence-corrected chi connectivity index (χ2v) is 8.50. The first-order valence-corrected chi connectivity index (χ1v) is 10.9. The summed E-state index contributed by atoms with van der Waals surface area (Å²) in [4.78, 5) is 4.62. The first-order valence-electron chi connectivity index (χ1n) is 10.1. The Morgan fingerprint density at radius 2 is 1.63 bits per heavy atom. The van der Waals surface area contributed by atoms with Crippen molar-refractivity contribution in [1.82, 2.24) is 15.2 Å². The van der Waals surface area contributed by atoms with Gasteiger partial charge in [0.2, 0.25) is 5.13 Å². The van der Waals surface area contributed by atoms with Crippen molar-refractivity contribution in [3.63, 3.8) is 0 Å². The molecule has 4 rings (SSSR count). The minimum atomic E-state index is 0.532. The van der Waals surface area contributed by atoms with Crippen molar-refractivity contribution in [2.45, 2.75) is 20.3 Å². The van der Waals surface area contributed by atoms with Crippen LogP contribution < -0.4 is 10.6 Å². The summed E-state index contributed by atoms with van der Waals surface area (Å²) >= 11 is 1.55. The summed E-state index contributed by atoms with van der Waals surface area (Å²) in [7, 11) is 0. The quantitative estimate of drug-likeness (QED) is 0.369. The Balaban J connectivity index is 1.63. The van der Waals surface area contributed by atoms with Crippen LogP contribution in [0.25, 0.3) is 10.6 Å². The summed E-state index contributed by atoms with van der Waals surface area (Å²) < 4.78 is 0. The standard InChI is InChI=1S/C24H25N5S/c1-17(2)16-26-22-20(15-18-9-5-3-6-10-18)21(13-14-25-22)27-24-29-28-23(30-24)19-11-7-4-8-12-19/h3-14,17H,15-16H2,1-2H3,(H2,25,26,27,29). The van der Waals surface area contributed by atoms with E-state index in [0.717, 1.165) is 45.7 Å². The van der Waals surface area contributed by atoms with E-state index in [9.17, 15) is 0 Å². The highest BCUT2D eigenvalue weighted by Gasteiger charge is 2.14. The molecule has 152 valence electrons. The smallest absolute Gasteiger partial charge is 0.210 e. The van der Waals surface area contributed by atoms with Crippen LogP contribution in [0.5, 0.6) is 0 Å². The molecule has 0 aliphatic heterocycles. The molecule has 0 aliphatic rings. The predicted octanol–water partition coefficient (Wildman–Crippen LogP) is 6.00. The molecule has 0 unspecified atom stereocenters. The molecule has 2 aromatic heterocycles. The summed E-state index contributed by atoms with van der Waals surface area (Å²) in [5.41, 5.74) is 4.43. The average molecular weight is 416 g/mol. The molecule has 4 aromatic rings. The van der Waals surface area contributed by atoms with E-state index in [1.807, 2.05) is 48.7 Å². The van der Waals surface area contributed by atoms with E-state index in [0.29, 0.717) is 5.92 Å². The Bertz CT molecular complexity index is 1080. The fourth-order valence-corrected chi connectivity index (χ4v) is 3.89. The van der Waals surface area contributed by atoms with Crippen molar-refractivity contribution in [3.8, 4) is 10.6 Å². The van der Waals surface area contributed by atoms with Crippen molar-refractivity contribution in [3.05, 3.63) is 84.1 Å². The van der Waals surface area contributed by atoms with Crippen LogP contribution in [0, 0.1) is 5.92 Å². The van der Waals surface area contributed by atoms with Crippen LogP contribution in [-0.2, 0) is 6.42 Å². The van der Waals surface area contributed by atoms with Crippen LogP contribution in [0.3, 0.4) is 0 Å². The lowest BCUT2D eigenvalue weighted by Crippen LogP contribution is -2.12. The third-order valence-electron chi connectivity index (χ3n) is 4.64. The van der Waals surface area contributed by atoms with Gasteiger partial charge in [0.05, 0.1) is 0 Å². The highest BCUT2D eigenvalue weighted by molar-refractivity contribution is 7.18. The van der Waals surface area contributed by atoms with Crippen LogP contribution in [-0.4, -0.2) is 21.7 Å². The molecule has 0 spiro atoms. The molecule has 0 atom stereocenters. The van der Waals surface area contributed by atoms with E-state index >= 15 is 0 Å². The van der Waals surface area contributed by atoms with E-state index < -0.39 is 0 Å². The van der Waals surface area contributed by atoms with Gasteiger partial charge in [-0.15, -0.1) is 10.2 Å². The minimum Gasteiger partial charge on any atom is -0.370 e. The third-order valence-corrected chi connectivity index (χ3v) is 5.53. The van der Waals surface area contributed by atoms with E-state index in [1.54, 1.807) is 11.3 Å². The molecule has 0 saturated carbocycles. The predicted molar refractivity (Wildman–Crippen MR) is 125 cm³/mol. The molecule has 2 aromatic carbocycles. The topological polar surface area (TPSA) is 62.7 Å². The molecule has 0 radical (unpaired) electrons. The van der Waals surface area contributed by atoms with Crippen molar-refractivity contribution in [2.75, 3.05) is 17.2 Å². The van der Waals surface area contributed by atoms with Gasteiger partial charge in [-0.2, -0.15) is 0 Å².